The molecule has 1 aromatic carbocycles. The average Bonchev–Trinajstić information content (AvgIpc) is 2.37. The van der Waals surface area contributed by atoms with E-state index in [1.165, 1.54) is 13.2 Å². The van der Waals surface area contributed by atoms with Crippen LogP contribution in [0.1, 0.15) is 20.3 Å². The molecule has 0 heterocycles. The summed E-state index contributed by atoms with van der Waals surface area (Å²) < 4.78 is 5.00. The fourth-order valence-corrected chi connectivity index (χ4v) is 2.01. The Morgan fingerprint density at radius 2 is 2.05 bits per heavy atom. The number of carboxylic acid groups (broad SMARTS) is 1. The first-order valence-corrected chi connectivity index (χ1v) is 6.83. The van der Waals surface area contributed by atoms with Crippen molar-refractivity contribution in [3.8, 4) is 5.75 Å². The molecule has 0 aliphatic rings. The standard InChI is InChI=1S/C14H19ClN2O4/c1-8(2)6-11(13(18)19)17-14(20)16-9-4-5-12(21-3)10(15)7-9/h4-5,7-8,11H,6H2,1-3H3,(H,18,19)(H2,16,17,20)/p-1/t11-/m0/s1. The minimum Gasteiger partial charge on any atom is -0.548 e. The second-order valence-electron chi connectivity index (χ2n) is 4.95. The SMILES string of the molecule is COc1ccc(NC(=O)N[C@@H](CC(C)C)C(=O)[O-])cc1Cl. The second kappa shape index (κ2) is 7.73. The number of carbonyl (C=O) groups excluding carboxylic acids is 2. The van der Waals surface area contributed by atoms with Gasteiger partial charge in [-0.1, -0.05) is 25.4 Å². The highest BCUT2D eigenvalue weighted by Gasteiger charge is 2.15. The van der Waals surface area contributed by atoms with Gasteiger partial charge < -0.3 is 25.3 Å². The van der Waals surface area contributed by atoms with Crippen molar-refractivity contribution in [3.05, 3.63) is 23.2 Å². The molecule has 6 nitrogen and oxygen atoms in total. The number of hydrogen-bond acceptors (Lipinski definition) is 4. The maximum absolute atomic E-state index is 11.8. The minimum absolute atomic E-state index is 0.114. The Morgan fingerprint density at radius 3 is 2.52 bits per heavy atom. The summed E-state index contributed by atoms with van der Waals surface area (Å²) in [5, 5.41) is 16.2. The Balaban J connectivity index is 2.67. The number of hydrogen-bond donors (Lipinski definition) is 2. The van der Waals surface area contributed by atoms with Crippen molar-refractivity contribution < 1.29 is 19.4 Å². The van der Waals surface area contributed by atoms with Gasteiger partial charge in [-0.2, -0.15) is 0 Å². The van der Waals surface area contributed by atoms with Gasteiger partial charge >= 0.3 is 6.03 Å². The van der Waals surface area contributed by atoms with Crippen LogP contribution in [0.3, 0.4) is 0 Å². The number of carbonyl (C=O) groups is 2. The molecule has 0 radical (unpaired) electrons. The quantitative estimate of drug-likeness (QED) is 0.835. The van der Waals surface area contributed by atoms with E-state index >= 15 is 0 Å². The first kappa shape index (κ1) is 17.1. The van der Waals surface area contributed by atoms with E-state index in [0.717, 1.165) is 0 Å². The topological polar surface area (TPSA) is 90.5 Å². The summed E-state index contributed by atoms with van der Waals surface area (Å²) in [6.45, 7) is 3.72. The molecule has 0 aliphatic carbocycles. The van der Waals surface area contributed by atoms with Crippen LogP contribution in [0.5, 0.6) is 5.75 Å². The summed E-state index contributed by atoms with van der Waals surface area (Å²) >= 11 is 5.94. The number of urea groups is 1. The molecule has 0 saturated carbocycles. The van der Waals surface area contributed by atoms with E-state index in [4.69, 9.17) is 16.3 Å². The van der Waals surface area contributed by atoms with Crippen LogP contribution in [-0.4, -0.2) is 25.2 Å². The number of anilines is 1. The van der Waals surface area contributed by atoms with Crippen molar-refractivity contribution in [3.63, 3.8) is 0 Å². The number of aliphatic carboxylic acids is 1. The summed E-state index contributed by atoms with van der Waals surface area (Å²) in [4.78, 5) is 22.8. The summed E-state index contributed by atoms with van der Waals surface area (Å²) in [6.07, 6.45) is 0.291. The Bertz CT molecular complexity index is 520. The fraction of sp³-hybridized carbons (Fsp3) is 0.429. The monoisotopic (exact) mass is 313 g/mol. The molecule has 1 rings (SSSR count). The molecule has 116 valence electrons. The number of ether oxygens (including phenoxy) is 1. The molecule has 0 saturated heterocycles. The fourth-order valence-electron chi connectivity index (χ4n) is 1.76. The molecule has 0 fully saturated rings. The maximum atomic E-state index is 11.8. The van der Waals surface area contributed by atoms with E-state index in [0.29, 0.717) is 22.9 Å². The Labute approximate surface area is 128 Å². The van der Waals surface area contributed by atoms with Crippen molar-refractivity contribution >= 4 is 29.3 Å². The smallest absolute Gasteiger partial charge is 0.319 e. The maximum Gasteiger partial charge on any atom is 0.319 e. The van der Waals surface area contributed by atoms with Gasteiger partial charge in [0.1, 0.15) is 5.75 Å². The third-order valence-electron chi connectivity index (χ3n) is 2.71. The van der Waals surface area contributed by atoms with Crippen LogP contribution in [0, 0.1) is 5.92 Å². The number of nitrogens with one attached hydrogen (secondary N) is 2. The number of benzene rings is 1. The summed E-state index contributed by atoms with van der Waals surface area (Å²) in [7, 11) is 1.48. The zero-order chi connectivity index (χ0) is 16.0. The molecule has 2 N–H and O–H groups in total. The van der Waals surface area contributed by atoms with E-state index in [1.54, 1.807) is 12.1 Å². The number of amides is 2. The third kappa shape index (κ3) is 5.51. The van der Waals surface area contributed by atoms with Crippen LogP contribution < -0.4 is 20.5 Å². The Morgan fingerprint density at radius 1 is 1.38 bits per heavy atom. The van der Waals surface area contributed by atoms with E-state index in [-0.39, 0.29) is 5.92 Å². The van der Waals surface area contributed by atoms with Crippen LogP contribution in [0.15, 0.2) is 18.2 Å². The highest BCUT2D eigenvalue weighted by molar-refractivity contribution is 6.32. The van der Waals surface area contributed by atoms with Gasteiger partial charge in [0.05, 0.1) is 24.1 Å². The van der Waals surface area contributed by atoms with Crippen LogP contribution >= 0.6 is 11.6 Å². The molecule has 0 aliphatic heterocycles. The summed E-state index contributed by atoms with van der Waals surface area (Å²) in [5.41, 5.74) is 0.431. The minimum atomic E-state index is -1.31. The molecule has 1 atom stereocenters. The van der Waals surface area contributed by atoms with Crippen LogP contribution in [0.2, 0.25) is 5.02 Å². The number of carboxylic acids is 1. The lowest BCUT2D eigenvalue weighted by Gasteiger charge is -2.21. The van der Waals surface area contributed by atoms with E-state index in [2.05, 4.69) is 10.6 Å². The zero-order valence-electron chi connectivity index (χ0n) is 12.1. The highest BCUT2D eigenvalue weighted by Crippen LogP contribution is 2.27. The van der Waals surface area contributed by atoms with Crippen molar-refractivity contribution in [2.75, 3.05) is 12.4 Å². The molecule has 0 unspecified atom stereocenters. The molecule has 7 heteroatoms. The predicted molar refractivity (Wildman–Crippen MR) is 78.4 cm³/mol. The number of halogens is 1. The molecular weight excluding hydrogens is 296 g/mol. The first-order valence-electron chi connectivity index (χ1n) is 6.45. The van der Waals surface area contributed by atoms with Crippen LogP contribution in [0.4, 0.5) is 10.5 Å². The van der Waals surface area contributed by atoms with Crippen LogP contribution in [-0.2, 0) is 4.79 Å². The zero-order valence-corrected chi connectivity index (χ0v) is 12.9. The van der Waals surface area contributed by atoms with Gasteiger partial charge in [0.15, 0.2) is 0 Å². The van der Waals surface area contributed by atoms with Crippen molar-refractivity contribution in [1.29, 1.82) is 0 Å². The predicted octanol–water partition coefficient (Wildman–Crippen LogP) is 1.63. The molecule has 0 aromatic heterocycles. The lowest BCUT2D eigenvalue weighted by molar-refractivity contribution is -0.308. The van der Waals surface area contributed by atoms with Gasteiger partial charge in [0.2, 0.25) is 0 Å². The number of rotatable bonds is 6. The molecule has 0 spiro atoms. The average molecular weight is 314 g/mol. The van der Waals surface area contributed by atoms with Crippen molar-refractivity contribution in [2.24, 2.45) is 5.92 Å². The van der Waals surface area contributed by atoms with Crippen molar-refractivity contribution in [1.82, 2.24) is 5.32 Å². The summed E-state index contributed by atoms with van der Waals surface area (Å²) in [6, 6.07) is 3.03. The van der Waals surface area contributed by atoms with E-state index in [1.807, 2.05) is 13.8 Å². The molecule has 2 amide bonds. The largest absolute Gasteiger partial charge is 0.548 e. The van der Waals surface area contributed by atoms with Gasteiger partial charge in [-0.3, -0.25) is 0 Å². The molecular formula is C14H18ClN2O4-. The summed E-state index contributed by atoms with van der Waals surface area (Å²) in [5.74, 6) is -0.717. The highest BCUT2D eigenvalue weighted by atomic mass is 35.5. The second-order valence-corrected chi connectivity index (χ2v) is 5.36. The molecule has 21 heavy (non-hydrogen) atoms. The lowest BCUT2D eigenvalue weighted by atomic mass is 10.0. The van der Waals surface area contributed by atoms with Crippen molar-refractivity contribution in [2.45, 2.75) is 26.3 Å². The van der Waals surface area contributed by atoms with Gasteiger partial charge in [0, 0.05) is 5.69 Å². The third-order valence-corrected chi connectivity index (χ3v) is 3.00. The van der Waals surface area contributed by atoms with Gasteiger partial charge in [-0.15, -0.1) is 0 Å². The Hall–Kier alpha value is -1.95. The first-order chi connectivity index (χ1) is 9.83. The molecule has 0 bridgehead atoms. The number of methoxy groups -OCH3 is 1. The van der Waals surface area contributed by atoms with Crippen LogP contribution in [0.25, 0.3) is 0 Å². The van der Waals surface area contributed by atoms with E-state index < -0.39 is 18.0 Å². The lowest BCUT2D eigenvalue weighted by Crippen LogP contribution is -2.49. The van der Waals surface area contributed by atoms with E-state index in [9.17, 15) is 14.7 Å². The molecule has 1 aromatic rings. The van der Waals surface area contributed by atoms with Gasteiger partial charge in [-0.25, -0.2) is 4.79 Å². The van der Waals surface area contributed by atoms with Gasteiger partial charge in [0.25, 0.3) is 0 Å². The Kier molecular flexibility index (Phi) is 6.30. The van der Waals surface area contributed by atoms with Gasteiger partial charge in [-0.05, 0) is 30.5 Å². The normalized spacial score (nSPS) is 11.9.